The van der Waals surface area contributed by atoms with E-state index in [0.717, 1.165) is 0 Å². The molecule has 0 atom stereocenters. The number of nitrogens with zero attached hydrogens (tertiary/aromatic N) is 1. The second kappa shape index (κ2) is 6.75. The highest BCUT2D eigenvalue weighted by Crippen LogP contribution is 2.26. The van der Waals surface area contributed by atoms with E-state index in [0.29, 0.717) is 38.9 Å². The van der Waals surface area contributed by atoms with E-state index in [9.17, 15) is 18.0 Å². The van der Waals surface area contributed by atoms with Crippen LogP contribution in [-0.2, 0) is 9.53 Å². The number of morpholine rings is 1. The summed E-state index contributed by atoms with van der Waals surface area (Å²) in [4.78, 5) is 12.4. The van der Waals surface area contributed by atoms with E-state index in [1.807, 2.05) is 4.90 Å². The molecular weight excluding hydrogens is 251 g/mol. The Hall–Kier alpha value is -1.08. The lowest BCUT2D eigenvalue weighted by atomic mass is 10.1. The molecule has 0 aromatic heterocycles. The summed E-state index contributed by atoms with van der Waals surface area (Å²) < 4.78 is 41.9. The maximum atomic E-state index is 12.3. The van der Waals surface area contributed by atoms with Crippen molar-refractivity contribution < 1.29 is 27.8 Å². The van der Waals surface area contributed by atoms with E-state index >= 15 is 0 Å². The highest BCUT2D eigenvalue weighted by molar-refractivity contribution is 5.80. The van der Waals surface area contributed by atoms with Crippen molar-refractivity contribution in [2.45, 2.75) is 19.0 Å². The molecule has 18 heavy (non-hydrogen) atoms. The fourth-order valence-corrected chi connectivity index (χ4v) is 1.77. The van der Waals surface area contributed by atoms with E-state index < -0.39 is 18.6 Å². The normalized spacial score (nSPS) is 18.9. The number of hydrogen-bond donors (Lipinski definition) is 1. The molecule has 0 radical (unpaired) electrons. The van der Waals surface area contributed by atoms with Gasteiger partial charge >= 0.3 is 12.1 Å². The number of rotatable bonds is 5. The Bertz CT molecular complexity index is 309. The quantitative estimate of drug-likeness (QED) is 0.770. The van der Waals surface area contributed by atoms with Gasteiger partial charge in [0, 0.05) is 25.7 Å². The van der Waals surface area contributed by atoms with Gasteiger partial charge in [-0.3, -0.25) is 4.90 Å². The molecule has 0 amide bonds. The minimum absolute atomic E-state index is 0.0958. The fourth-order valence-electron chi connectivity index (χ4n) is 1.77. The molecule has 4 nitrogen and oxygen atoms in total. The molecule has 1 saturated heterocycles. The van der Waals surface area contributed by atoms with Crippen LogP contribution in [0.25, 0.3) is 0 Å². The van der Waals surface area contributed by atoms with Crippen molar-refractivity contribution in [3.05, 3.63) is 11.6 Å². The van der Waals surface area contributed by atoms with Gasteiger partial charge in [-0.2, -0.15) is 13.2 Å². The van der Waals surface area contributed by atoms with Gasteiger partial charge in [0.15, 0.2) is 0 Å². The summed E-state index contributed by atoms with van der Waals surface area (Å²) in [6.07, 6.45) is -4.75. The standard InChI is InChI=1S/C11H16F3NO3/c12-11(13,14)8-9(7-10(16)17)1-2-15-3-5-18-6-4-15/h7H,1-6,8H2,(H,16,17)/b9-7-. The average Bonchev–Trinajstić information content (AvgIpc) is 2.24. The third-order valence-electron chi connectivity index (χ3n) is 2.61. The number of carboxylic acid groups (broad SMARTS) is 1. The molecular formula is C11H16F3NO3. The summed E-state index contributed by atoms with van der Waals surface area (Å²) in [5.74, 6) is -1.34. The molecule has 0 spiro atoms. The van der Waals surface area contributed by atoms with Crippen LogP contribution in [0.2, 0.25) is 0 Å². The number of carboxylic acids is 1. The number of halogens is 3. The number of hydrogen-bond acceptors (Lipinski definition) is 3. The second-order valence-corrected chi connectivity index (χ2v) is 4.14. The van der Waals surface area contributed by atoms with Gasteiger partial charge in [0.05, 0.1) is 19.6 Å². The van der Waals surface area contributed by atoms with Crippen molar-refractivity contribution in [1.29, 1.82) is 0 Å². The highest BCUT2D eigenvalue weighted by atomic mass is 19.4. The number of carbonyl (C=O) groups is 1. The van der Waals surface area contributed by atoms with Crippen LogP contribution in [0.1, 0.15) is 12.8 Å². The van der Waals surface area contributed by atoms with Crippen LogP contribution in [0.3, 0.4) is 0 Å². The van der Waals surface area contributed by atoms with Crippen LogP contribution < -0.4 is 0 Å². The van der Waals surface area contributed by atoms with Gasteiger partial charge in [0.1, 0.15) is 0 Å². The van der Waals surface area contributed by atoms with Crippen LogP contribution >= 0.6 is 0 Å². The Morgan fingerprint density at radius 1 is 1.33 bits per heavy atom. The first-order valence-corrected chi connectivity index (χ1v) is 5.66. The van der Waals surface area contributed by atoms with Crippen molar-refractivity contribution in [2.24, 2.45) is 0 Å². The predicted octanol–water partition coefficient (Wildman–Crippen LogP) is 1.67. The first-order chi connectivity index (χ1) is 8.37. The Labute approximate surface area is 103 Å². The van der Waals surface area contributed by atoms with Gasteiger partial charge in [-0.05, 0) is 6.42 Å². The summed E-state index contributed by atoms with van der Waals surface area (Å²) >= 11 is 0. The zero-order valence-electron chi connectivity index (χ0n) is 9.87. The molecule has 0 bridgehead atoms. The van der Waals surface area contributed by atoms with E-state index in [4.69, 9.17) is 9.84 Å². The van der Waals surface area contributed by atoms with Crippen LogP contribution in [0.5, 0.6) is 0 Å². The highest BCUT2D eigenvalue weighted by Gasteiger charge is 2.29. The lowest BCUT2D eigenvalue weighted by molar-refractivity contribution is -0.132. The summed E-state index contributed by atoms with van der Waals surface area (Å²) in [5.41, 5.74) is -0.0958. The lowest BCUT2D eigenvalue weighted by Gasteiger charge is -2.26. The Morgan fingerprint density at radius 2 is 1.94 bits per heavy atom. The molecule has 1 aliphatic rings. The first-order valence-electron chi connectivity index (χ1n) is 5.66. The van der Waals surface area contributed by atoms with Crippen LogP contribution in [-0.4, -0.2) is 55.0 Å². The van der Waals surface area contributed by atoms with E-state index in [1.165, 1.54) is 0 Å². The molecule has 1 aliphatic heterocycles. The van der Waals surface area contributed by atoms with Crippen molar-refractivity contribution in [2.75, 3.05) is 32.8 Å². The SMILES string of the molecule is O=C(O)/C=C(/CCN1CCOCC1)CC(F)(F)F. The van der Waals surface area contributed by atoms with Crippen molar-refractivity contribution in [3.63, 3.8) is 0 Å². The largest absolute Gasteiger partial charge is 0.478 e. The summed E-state index contributed by atoms with van der Waals surface area (Å²) in [6.45, 7) is 2.91. The fraction of sp³-hybridized carbons (Fsp3) is 0.727. The summed E-state index contributed by atoms with van der Waals surface area (Å²) in [7, 11) is 0. The molecule has 1 heterocycles. The Morgan fingerprint density at radius 3 is 2.44 bits per heavy atom. The molecule has 0 aliphatic carbocycles. The molecule has 1 rings (SSSR count). The molecule has 1 fully saturated rings. The monoisotopic (exact) mass is 267 g/mol. The van der Waals surface area contributed by atoms with Gasteiger partial charge in [0.2, 0.25) is 0 Å². The van der Waals surface area contributed by atoms with Gasteiger partial charge in [0.25, 0.3) is 0 Å². The van der Waals surface area contributed by atoms with Crippen LogP contribution in [0, 0.1) is 0 Å². The molecule has 1 N–H and O–H groups in total. The van der Waals surface area contributed by atoms with Gasteiger partial charge in [-0.1, -0.05) is 5.57 Å². The van der Waals surface area contributed by atoms with Crippen LogP contribution in [0.15, 0.2) is 11.6 Å². The second-order valence-electron chi connectivity index (χ2n) is 4.14. The van der Waals surface area contributed by atoms with E-state index in [1.54, 1.807) is 0 Å². The van der Waals surface area contributed by atoms with Gasteiger partial charge in [-0.25, -0.2) is 4.79 Å². The molecule has 0 unspecified atom stereocenters. The van der Waals surface area contributed by atoms with Crippen LogP contribution in [0.4, 0.5) is 13.2 Å². The zero-order valence-corrected chi connectivity index (χ0v) is 9.87. The Balaban J connectivity index is 2.48. The molecule has 0 aromatic rings. The molecule has 104 valence electrons. The van der Waals surface area contributed by atoms with E-state index in [-0.39, 0.29) is 12.0 Å². The minimum atomic E-state index is -4.37. The Kier molecular flexibility index (Phi) is 5.61. The molecule has 0 saturated carbocycles. The number of alkyl halides is 3. The zero-order chi connectivity index (χ0) is 13.6. The number of ether oxygens (including phenoxy) is 1. The molecule has 7 heteroatoms. The summed E-state index contributed by atoms with van der Waals surface area (Å²) in [6, 6.07) is 0. The van der Waals surface area contributed by atoms with Crippen molar-refractivity contribution in [3.8, 4) is 0 Å². The van der Waals surface area contributed by atoms with Crippen molar-refractivity contribution in [1.82, 2.24) is 4.90 Å². The predicted molar refractivity (Wildman–Crippen MR) is 58.3 cm³/mol. The average molecular weight is 267 g/mol. The molecule has 0 aromatic carbocycles. The maximum Gasteiger partial charge on any atom is 0.392 e. The minimum Gasteiger partial charge on any atom is -0.478 e. The van der Waals surface area contributed by atoms with E-state index in [2.05, 4.69) is 0 Å². The van der Waals surface area contributed by atoms with Gasteiger partial charge in [-0.15, -0.1) is 0 Å². The van der Waals surface area contributed by atoms with Gasteiger partial charge < -0.3 is 9.84 Å². The third kappa shape index (κ3) is 6.61. The third-order valence-corrected chi connectivity index (χ3v) is 2.61. The topological polar surface area (TPSA) is 49.8 Å². The smallest absolute Gasteiger partial charge is 0.392 e. The maximum absolute atomic E-state index is 12.3. The first kappa shape index (κ1) is 15.0. The number of aliphatic carboxylic acids is 1. The van der Waals surface area contributed by atoms with Crippen molar-refractivity contribution >= 4 is 5.97 Å². The summed E-state index contributed by atoms with van der Waals surface area (Å²) in [5, 5.41) is 8.54. The lowest BCUT2D eigenvalue weighted by Crippen LogP contribution is -2.37.